The normalized spacial score (nSPS) is 23.0. The Morgan fingerprint density at radius 1 is 1.09 bits per heavy atom. The van der Waals surface area contributed by atoms with E-state index in [2.05, 4.69) is 0 Å². The highest BCUT2D eigenvalue weighted by molar-refractivity contribution is 7.92. The molecule has 0 atom stereocenters. The minimum absolute atomic E-state index is 0.168. The van der Waals surface area contributed by atoms with Gasteiger partial charge < -0.3 is 0 Å². The van der Waals surface area contributed by atoms with Crippen molar-refractivity contribution in [1.29, 1.82) is 0 Å². The summed E-state index contributed by atoms with van der Waals surface area (Å²) in [5.74, 6) is 1.11. The van der Waals surface area contributed by atoms with E-state index in [1.165, 1.54) is 6.07 Å². The lowest BCUT2D eigenvalue weighted by Gasteiger charge is -2.30. The van der Waals surface area contributed by atoms with Gasteiger partial charge in [-0.25, -0.2) is 12.8 Å². The molecule has 0 saturated heterocycles. The van der Waals surface area contributed by atoms with E-state index in [1.54, 1.807) is 32.9 Å². The Morgan fingerprint density at radius 3 is 2.26 bits per heavy atom. The summed E-state index contributed by atoms with van der Waals surface area (Å²) in [6.45, 7) is 5.35. The minimum Gasteiger partial charge on any atom is -0.228 e. The fraction of sp³-hybridized carbons (Fsp3) is 0.684. The summed E-state index contributed by atoms with van der Waals surface area (Å²) in [5.41, 5.74) is 1.06. The lowest BCUT2D eigenvalue weighted by Crippen LogP contribution is -2.34. The second-order valence-electron chi connectivity index (χ2n) is 7.95. The Labute approximate surface area is 140 Å². The van der Waals surface area contributed by atoms with Gasteiger partial charge in [-0.3, -0.25) is 0 Å². The zero-order valence-corrected chi connectivity index (χ0v) is 15.3. The molecule has 2 rings (SSSR count). The molecule has 1 saturated carbocycles. The van der Waals surface area contributed by atoms with E-state index in [0.717, 1.165) is 44.1 Å². The molecule has 130 valence electrons. The molecule has 1 aliphatic rings. The average Bonchev–Trinajstić information content (AvgIpc) is 2.45. The van der Waals surface area contributed by atoms with Crippen LogP contribution in [0.15, 0.2) is 24.3 Å². The summed E-state index contributed by atoms with van der Waals surface area (Å²) in [4.78, 5) is 0. The van der Waals surface area contributed by atoms with Crippen LogP contribution in [0, 0.1) is 17.7 Å². The van der Waals surface area contributed by atoms with Crippen LogP contribution in [0.5, 0.6) is 0 Å². The lowest BCUT2D eigenvalue weighted by atomic mass is 9.80. The predicted molar refractivity (Wildman–Crippen MR) is 93.7 cm³/mol. The zero-order chi connectivity index (χ0) is 17.1. The highest BCUT2D eigenvalue weighted by Crippen LogP contribution is 2.34. The molecule has 0 heterocycles. The topological polar surface area (TPSA) is 34.1 Å². The van der Waals surface area contributed by atoms with Crippen molar-refractivity contribution in [3.63, 3.8) is 0 Å². The highest BCUT2D eigenvalue weighted by Gasteiger charge is 2.33. The van der Waals surface area contributed by atoms with Crippen molar-refractivity contribution in [2.75, 3.05) is 5.75 Å². The molecular formula is C19H29FO2S. The number of hydrogen-bond acceptors (Lipinski definition) is 2. The third-order valence-corrected chi connectivity index (χ3v) is 7.86. The molecule has 1 aromatic rings. The van der Waals surface area contributed by atoms with Gasteiger partial charge in [0.2, 0.25) is 0 Å². The number of sulfone groups is 1. The number of hydrogen-bond donors (Lipinski definition) is 0. The Morgan fingerprint density at radius 2 is 1.70 bits per heavy atom. The van der Waals surface area contributed by atoms with E-state index in [1.807, 2.05) is 6.07 Å². The molecule has 0 radical (unpaired) electrons. The number of aryl methyl sites for hydroxylation is 1. The van der Waals surface area contributed by atoms with E-state index in [4.69, 9.17) is 0 Å². The summed E-state index contributed by atoms with van der Waals surface area (Å²) in [7, 11) is -3.02. The predicted octanol–water partition coefficient (Wildman–Crippen LogP) is 4.78. The first-order valence-corrected chi connectivity index (χ1v) is 10.3. The Hall–Kier alpha value is -0.900. The van der Waals surface area contributed by atoms with Crippen molar-refractivity contribution >= 4 is 9.84 Å². The average molecular weight is 341 g/mol. The van der Waals surface area contributed by atoms with Gasteiger partial charge in [-0.2, -0.15) is 0 Å². The second-order valence-corrected chi connectivity index (χ2v) is 10.7. The van der Waals surface area contributed by atoms with Crippen LogP contribution < -0.4 is 0 Å². The summed E-state index contributed by atoms with van der Waals surface area (Å²) in [6.07, 6.45) is 6.18. The van der Waals surface area contributed by atoms with E-state index >= 15 is 0 Å². The molecule has 0 amide bonds. The summed E-state index contributed by atoms with van der Waals surface area (Å²) in [6, 6.07) is 6.83. The molecular weight excluding hydrogens is 311 g/mol. The SMILES string of the molecule is CC(C)(C)S(=O)(=O)CC1CCC(CCc2cccc(F)c2)CC1. The van der Waals surface area contributed by atoms with Crippen LogP contribution in [0.4, 0.5) is 4.39 Å². The smallest absolute Gasteiger partial charge is 0.155 e. The van der Waals surface area contributed by atoms with Crippen LogP contribution in [-0.4, -0.2) is 18.9 Å². The Bertz CT molecular complexity index is 609. The molecule has 0 N–H and O–H groups in total. The van der Waals surface area contributed by atoms with Crippen molar-refractivity contribution < 1.29 is 12.8 Å². The molecule has 0 aliphatic heterocycles. The summed E-state index contributed by atoms with van der Waals surface area (Å²) < 4.78 is 37.1. The van der Waals surface area contributed by atoms with Gasteiger partial charge in [0.05, 0.1) is 10.5 Å². The van der Waals surface area contributed by atoms with Gasteiger partial charge >= 0.3 is 0 Å². The minimum atomic E-state index is -3.02. The van der Waals surface area contributed by atoms with E-state index < -0.39 is 14.6 Å². The van der Waals surface area contributed by atoms with Crippen molar-refractivity contribution in [2.24, 2.45) is 11.8 Å². The standard InChI is InChI=1S/C19H29FO2S/c1-19(2,3)23(21,22)14-17-11-8-15(9-12-17)7-10-16-5-4-6-18(20)13-16/h4-6,13,15,17H,7-12,14H2,1-3H3. The van der Waals surface area contributed by atoms with Gasteiger partial charge in [-0.1, -0.05) is 25.0 Å². The molecule has 1 aliphatic carbocycles. The van der Waals surface area contributed by atoms with Crippen molar-refractivity contribution in [1.82, 2.24) is 0 Å². The number of rotatable bonds is 5. The monoisotopic (exact) mass is 340 g/mol. The van der Waals surface area contributed by atoms with E-state index in [-0.39, 0.29) is 5.82 Å². The Kier molecular flexibility index (Phi) is 5.88. The molecule has 2 nitrogen and oxygen atoms in total. The maximum Gasteiger partial charge on any atom is 0.155 e. The van der Waals surface area contributed by atoms with Crippen LogP contribution in [-0.2, 0) is 16.3 Å². The van der Waals surface area contributed by atoms with Crippen molar-refractivity contribution in [3.8, 4) is 0 Å². The highest BCUT2D eigenvalue weighted by atomic mass is 32.2. The molecule has 1 fully saturated rings. The van der Waals surface area contributed by atoms with Gasteiger partial charge in [-0.05, 0) is 76.0 Å². The molecule has 23 heavy (non-hydrogen) atoms. The van der Waals surface area contributed by atoms with E-state index in [0.29, 0.717) is 17.6 Å². The van der Waals surface area contributed by atoms with Crippen LogP contribution >= 0.6 is 0 Å². The van der Waals surface area contributed by atoms with Gasteiger partial charge in [0.25, 0.3) is 0 Å². The number of halogens is 1. The molecule has 0 unspecified atom stereocenters. The van der Waals surface area contributed by atoms with Gasteiger partial charge in [0.1, 0.15) is 5.82 Å². The van der Waals surface area contributed by atoms with Crippen molar-refractivity contribution in [3.05, 3.63) is 35.6 Å². The van der Waals surface area contributed by atoms with Crippen LogP contribution in [0.2, 0.25) is 0 Å². The van der Waals surface area contributed by atoms with E-state index in [9.17, 15) is 12.8 Å². The summed E-state index contributed by atoms with van der Waals surface area (Å²) >= 11 is 0. The summed E-state index contributed by atoms with van der Waals surface area (Å²) in [5, 5.41) is 0. The maximum atomic E-state index is 13.2. The molecule has 4 heteroatoms. The first-order chi connectivity index (χ1) is 10.7. The molecule has 0 bridgehead atoms. The van der Waals surface area contributed by atoms with Gasteiger partial charge in [0, 0.05) is 0 Å². The molecule has 1 aromatic carbocycles. The van der Waals surface area contributed by atoms with Crippen molar-refractivity contribution in [2.45, 2.75) is 64.0 Å². The third kappa shape index (κ3) is 5.30. The molecule has 0 spiro atoms. The van der Waals surface area contributed by atoms with Gasteiger partial charge in [0.15, 0.2) is 9.84 Å². The van der Waals surface area contributed by atoms with Crippen LogP contribution in [0.25, 0.3) is 0 Å². The maximum absolute atomic E-state index is 13.2. The largest absolute Gasteiger partial charge is 0.228 e. The van der Waals surface area contributed by atoms with Crippen LogP contribution in [0.3, 0.4) is 0 Å². The van der Waals surface area contributed by atoms with Gasteiger partial charge in [-0.15, -0.1) is 0 Å². The zero-order valence-electron chi connectivity index (χ0n) is 14.5. The first-order valence-electron chi connectivity index (χ1n) is 8.64. The molecule has 0 aromatic heterocycles. The fourth-order valence-electron chi connectivity index (χ4n) is 3.31. The van der Waals surface area contributed by atoms with Crippen LogP contribution in [0.1, 0.15) is 58.4 Å². The second kappa shape index (κ2) is 7.33. The third-order valence-electron chi connectivity index (χ3n) is 5.08. The fourth-order valence-corrected chi connectivity index (χ4v) is 4.76. The first kappa shape index (κ1) is 18.4. The lowest BCUT2D eigenvalue weighted by molar-refractivity contribution is 0.278. The quantitative estimate of drug-likeness (QED) is 0.773. The Balaban J connectivity index is 1.78. The number of benzene rings is 1.